The van der Waals surface area contributed by atoms with E-state index in [0.29, 0.717) is 17.9 Å². The predicted octanol–water partition coefficient (Wildman–Crippen LogP) is 2.35. The van der Waals surface area contributed by atoms with E-state index in [1.54, 1.807) is 6.92 Å². The zero-order chi connectivity index (χ0) is 10.9. The molecule has 0 bridgehead atoms. The molecule has 0 aliphatic heterocycles. The summed E-state index contributed by atoms with van der Waals surface area (Å²) in [4.78, 5) is 0. The number of aromatic nitrogens is 2. The molecule has 1 aromatic heterocycles. The minimum Gasteiger partial charge on any atom is -0.380 e. The first kappa shape index (κ1) is 11.6. The van der Waals surface area contributed by atoms with E-state index in [0.717, 1.165) is 0 Å². The number of hydrogen-bond donors (Lipinski definition) is 1. The molecular formula is C8H11BrF2N2O. The van der Waals surface area contributed by atoms with Crippen molar-refractivity contribution in [3.8, 4) is 0 Å². The Bertz CT molecular complexity index is 322. The number of alkyl halides is 2. The average Bonchev–Trinajstić information content (AvgIpc) is 2.43. The first-order chi connectivity index (χ1) is 6.38. The van der Waals surface area contributed by atoms with Gasteiger partial charge in [0.05, 0.1) is 16.4 Å². The van der Waals surface area contributed by atoms with Crippen LogP contribution in [0.15, 0.2) is 10.7 Å². The van der Waals surface area contributed by atoms with Crippen LogP contribution in [-0.2, 0) is 6.54 Å². The van der Waals surface area contributed by atoms with Crippen LogP contribution < -0.4 is 0 Å². The van der Waals surface area contributed by atoms with Crippen LogP contribution in [0.4, 0.5) is 8.78 Å². The van der Waals surface area contributed by atoms with Gasteiger partial charge in [0.25, 0.3) is 5.92 Å². The molecule has 14 heavy (non-hydrogen) atoms. The van der Waals surface area contributed by atoms with E-state index < -0.39 is 12.0 Å². The number of nitrogens with zero attached hydrogens (tertiary/aromatic N) is 2. The lowest BCUT2D eigenvalue weighted by molar-refractivity contribution is -0.0991. The molecule has 1 aromatic rings. The van der Waals surface area contributed by atoms with Gasteiger partial charge in [0.2, 0.25) is 0 Å². The summed E-state index contributed by atoms with van der Waals surface area (Å²) < 4.78 is 27.5. The van der Waals surface area contributed by atoms with Crippen LogP contribution in [0.2, 0.25) is 0 Å². The monoisotopic (exact) mass is 268 g/mol. The number of aliphatic hydroxyl groups excluding tert-OH is 1. The third-order valence-corrected chi connectivity index (χ3v) is 2.48. The third kappa shape index (κ3) is 2.12. The zero-order valence-electron chi connectivity index (χ0n) is 7.84. The number of rotatable bonds is 3. The van der Waals surface area contributed by atoms with Crippen LogP contribution in [0.1, 0.15) is 25.6 Å². The average molecular weight is 269 g/mol. The Hall–Kier alpha value is -0.490. The van der Waals surface area contributed by atoms with Gasteiger partial charge in [0.15, 0.2) is 6.10 Å². The second-order valence-corrected chi connectivity index (χ2v) is 3.91. The number of hydrogen-bond acceptors (Lipinski definition) is 2. The molecule has 0 aliphatic rings. The highest BCUT2D eigenvalue weighted by Gasteiger charge is 2.37. The second kappa shape index (κ2) is 3.94. The fourth-order valence-corrected chi connectivity index (χ4v) is 1.65. The van der Waals surface area contributed by atoms with Crippen LogP contribution in [-0.4, -0.2) is 20.8 Å². The first-order valence-electron chi connectivity index (χ1n) is 4.15. The standard InChI is InChI=1S/C8H11BrF2N2O/c1-3-13-6(5(9)4-12-13)7(14)8(2,10)11/h4,7,14H,3H2,1-2H3. The van der Waals surface area contributed by atoms with Crippen molar-refractivity contribution in [3.63, 3.8) is 0 Å². The molecule has 0 spiro atoms. The lowest BCUT2D eigenvalue weighted by Gasteiger charge is -2.19. The Labute approximate surface area is 88.9 Å². The van der Waals surface area contributed by atoms with Gasteiger partial charge in [0.1, 0.15) is 0 Å². The van der Waals surface area contributed by atoms with E-state index in [9.17, 15) is 13.9 Å². The van der Waals surface area contributed by atoms with Crippen LogP contribution >= 0.6 is 15.9 Å². The largest absolute Gasteiger partial charge is 0.380 e. The molecule has 0 radical (unpaired) electrons. The Kier molecular flexibility index (Phi) is 3.26. The molecule has 1 unspecified atom stereocenters. The predicted molar refractivity (Wildman–Crippen MR) is 51.2 cm³/mol. The van der Waals surface area contributed by atoms with Gasteiger partial charge in [0, 0.05) is 13.5 Å². The lowest BCUT2D eigenvalue weighted by Crippen LogP contribution is -2.25. The number of aryl methyl sites for hydroxylation is 1. The summed E-state index contributed by atoms with van der Waals surface area (Å²) in [6.45, 7) is 2.88. The molecule has 1 N–H and O–H groups in total. The van der Waals surface area contributed by atoms with Gasteiger partial charge in [-0.25, -0.2) is 8.78 Å². The quantitative estimate of drug-likeness (QED) is 0.914. The smallest absolute Gasteiger partial charge is 0.276 e. The normalized spacial score (nSPS) is 14.4. The van der Waals surface area contributed by atoms with Crippen LogP contribution in [0.25, 0.3) is 0 Å². The molecule has 0 fully saturated rings. The van der Waals surface area contributed by atoms with Crippen LogP contribution in [0.5, 0.6) is 0 Å². The maximum atomic E-state index is 12.9. The minimum atomic E-state index is -3.17. The maximum Gasteiger partial charge on any atom is 0.276 e. The van der Waals surface area contributed by atoms with E-state index in [1.807, 2.05) is 0 Å². The molecule has 80 valence electrons. The highest BCUT2D eigenvalue weighted by Crippen LogP contribution is 2.34. The minimum absolute atomic E-state index is 0.111. The van der Waals surface area contributed by atoms with Gasteiger partial charge in [-0.1, -0.05) is 0 Å². The molecule has 0 saturated heterocycles. The Morgan fingerprint density at radius 1 is 1.71 bits per heavy atom. The highest BCUT2D eigenvalue weighted by atomic mass is 79.9. The summed E-state index contributed by atoms with van der Waals surface area (Å²) in [5, 5.41) is 13.2. The van der Waals surface area contributed by atoms with Crippen molar-refractivity contribution in [2.24, 2.45) is 0 Å². The van der Waals surface area contributed by atoms with Gasteiger partial charge in [-0.05, 0) is 22.9 Å². The van der Waals surface area contributed by atoms with Crippen molar-refractivity contribution in [2.75, 3.05) is 0 Å². The van der Waals surface area contributed by atoms with E-state index in [4.69, 9.17) is 0 Å². The fraction of sp³-hybridized carbons (Fsp3) is 0.625. The van der Waals surface area contributed by atoms with Crippen molar-refractivity contribution < 1.29 is 13.9 Å². The molecule has 0 amide bonds. The first-order valence-corrected chi connectivity index (χ1v) is 4.94. The lowest BCUT2D eigenvalue weighted by atomic mass is 10.1. The molecule has 0 saturated carbocycles. The van der Waals surface area contributed by atoms with Gasteiger partial charge in [-0.3, -0.25) is 4.68 Å². The second-order valence-electron chi connectivity index (χ2n) is 3.05. The van der Waals surface area contributed by atoms with Gasteiger partial charge in [-0.15, -0.1) is 0 Å². The van der Waals surface area contributed by atoms with Gasteiger partial charge >= 0.3 is 0 Å². The van der Waals surface area contributed by atoms with Crippen molar-refractivity contribution in [2.45, 2.75) is 32.4 Å². The zero-order valence-corrected chi connectivity index (χ0v) is 9.42. The molecule has 0 aromatic carbocycles. The molecule has 1 atom stereocenters. The molecule has 1 heterocycles. The topological polar surface area (TPSA) is 38.0 Å². The van der Waals surface area contributed by atoms with E-state index in [1.165, 1.54) is 10.9 Å². The Morgan fingerprint density at radius 2 is 2.29 bits per heavy atom. The highest BCUT2D eigenvalue weighted by molar-refractivity contribution is 9.10. The van der Waals surface area contributed by atoms with Crippen LogP contribution in [0, 0.1) is 0 Å². The molecule has 6 heteroatoms. The number of halogens is 3. The molecule has 1 rings (SSSR count). The summed E-state index contributed by atoms with van der Waals surface area (Å²) in [5.74, 6) is -3.17. The summed E-state index contributed by atoms with van der Waals surface area (Å²) >= 11 is 3.07. The van der Waals surface area contributed by atoms with Crippen LogP contribution in [0.3, 0.4) is 0 Å². The molecule has 3 nitrogen and oxygen atoms in total. The van der Waals surface area contributed by atoms with Crippen molar-refractivity contribution in [1.29, 1.82) is 0 Å². The van der Waals surface area contributed by atoms with Crippen molar-refractivity contribution >= 4 is 15.9 Å². The summed E-state index contributed by atoms with van der Waals surface area (Å²) in [5.41, 5.74) is 0.111. The van der Waals surface area contributed by atoms with E-state index in [-0.39, 0.29) is 5.69 Å². The van der Waals surface area contributed by atoms with E-state index >= 15 is 0 Å². The summed E-state index contributed by atoms with van der Waals surface area (Å²) in [7, 11) is 0. The number of aliphatic hydroxyl groups is 1. The van der Waals surface area contributed by atoms with Crippen molar-refractivity contribution in [1.82, 2.24) is 9.78 Å². The molecule has 0 aliphatic carbocycles. The van der Waals surface area contributed by atoms with Gasteiger partial charge < -0.3 is 5.11 Å². The Morgan fingerprint density at radius 3 is 2.71 bits per heavy atom. The third-order valence-electron chi connectivity index (χ3n) is 1.87. The van der Waals surface area contributed by atoms with E-state index in [2.05, 4.69) is 21.0 Å². The Balaban J connectivity index is 3.11. The van der Waals surface area contributed by atoms with Crippen molar-refractivity contribution in [3.05, 3.63) is 16.4 Å². The molecular weight excluding hydrogens is 258 g/mol. The van der Waals surface area contributed by atoms with Gasteiger partial charge in [-0.2, -0.15) is 5.10 Å². The summed E-state index contributed by atoms with van der Waals surface area (Å²) in [6.07, 6.45) is -0.437. The fourth-order valence-electron chi connectivity index (χ4n) is 1.14. The maximum absolute atomic E-state index is 12.9. The summed E-state index contributed by atoms with van der Waals surface area (Å²) in [6, 6.07) is 0. The SMILES string of the molecule is CCn1ncc(Br)c1C(O)C(C)(F)F.